The largest absolute Gasteiger partial charge is 0.497 e. The van der Waals surface area contributed by atoms with Gasteiger partial charge in [0.2, 0.25) is 11.8 Å². The number of nitrogens with one attached hydrogen (secondary N) is 1. The summed E-state index contributed by atoms with van der Waals surface area (Å²) < 4.78 is 5.17. The molecule has 1 N–H and O–H groups in total. The van der Waals surface area contributed by atoms with Crippen LogP contribution in [0.1, 0.15) is 25.0 Å². The third-order valence-corrected chi connectivity index (χ3v) is 5.64. The minimum atomic E-state index is -0.493. The van der Waals surface area contributed by atoms with Gasteiger partial charge in [-0.05, 0) is 43.5 Å². The molecule has 0 aliphatic heterocycles. The average molecular weight is 415 g/mol. The summed E-state index contributed by atoms with van der Waals surface area (Å²) in [7, 11) is 1.64. The molecule has 0 aliphatic carbocycles. The Kier molecular flexibility index (Phi) is 9.57. The first-order valence-corrected chi connectivity index (χ1v) is 11.0. The molecule has 0 saturated heterocycles. The first-order chi connectivity index (χ1) is 14.0. The van der Waals surface area contributed by atoms with Gasteiger partial charge in [0.15, 0.2) is 0 Å². The molecule has 1 unspecified atom stereocenters. The SMILES string of the molecule is CCNC(=O)C(C)N(CCc1ccccc1)C(=O)CSCc1ccc(OC)cc1. The van der Waals surface area contributed by atoms with Gasteiger partial charge in [-0.15, -0.1) is 11.8 Å². The Morgan fingerprint density at radius 2 is 1.76 bits per heavy atom. The van der Waals surface area contributed by atoms with Gasteiger partial charge < -0.3 is 15.0 Å². The lowest BCUT2D eigenvalue weighted by atomic mass is 10.1. The van der Waals surface area contributed by atoms with E-state index in [9.17, 15) is 9.59 Å². The molecule has 2 aromatic carbocycles. The first-order valence-electron chi connectivity index (χ1n) is 9.87. The van der Waals surface area contributed by atoms with Gasteiger partial charge in [0.25, 0.3) is 0 Å². The van der Waals surface area contributed by atoms with Gasteiger partial charge in [-0.25, -0.2) is 0 Å². The van der Waals surface area contributed by atoms with Gasteiger partial charge in [0, 0.05) is 18.8 Å². The van der Waals surface area contributed by atoms with Crippen LogP contribution in [0.25, 0.3) is 0 Å². The van der Waals surface area contributed by atoms with E-state index in [-0.39, 0.29) is 11.8 Å². The van der Waals surface area contributed by atoms with Gasteiger partial charge in [-0.3, -0.25) is 9.59 Å². The summed E-state index contributed by atoms with van der Waals surface area (Å²) in [5, 5.41) is 2.82. The molecule has 5 nitrogen and oxygen atoms in total. The molecule has 0 aliphatic rings. The van der Waals surface area contributed by atoms with Crippen molar-refractivity contribution in [2.45, 2.75) is 32.1 Å². The van der Waals surface area contributed by atoms with E-state index >= 15 is 0 Å². The molecule has 2 amide bonds. The fraction of sp³-hybridized carbons (Fsp3) is 0.391. The Bertz CT molecular complexity index is 765. The van der Waals surface area contributed by atoms with E-state index in [4.69, 9.17) is 4.74 Å². The molecule has 29 heavy (non-hydrogen) atoms. The highest BCUT2D eigenvalue weighted by atomic mass is 32.2. The van der Waals surface area contributed by atoms with Crippen molar-refractivity contribution >= 4 is 23.6 Å². The summed E-state index contributed by atoms with van der Waals surface area (Å²) in [5.74, 6) is 1.76. The van der Waals surface area contributed by atoms with Crippen molar-refractivity contribution in [3.05, 3.63) is 65.7 Å². The molecule has 0 radical (unpaired) electrons. The molecule has 0 heterocycles. The summed E-state index contributed by atoms with van der Waals surface area (Å²) in [6.45, 7) is 4.74. The molecule has 156 valence electrons. The lowest BCUT2D eigenvalue weighted by Crippen LogP contribution is -2.49. The number of nitrogens with zero attached hydrogens (tertiary/aromatic N) is 1. The highest BCUT2D eigenvalue weighted by molar-refractivity contribution is 7.99. The highest BCUT2D eigenvalue weighted by Gasteiger charge is 2.25. The standard InChI is InChI=1S/C23H30N2O3S/c1-4-24-23(27)18(2)25(15-14-19-8-6-5-7-9-19)22(26)17-29-16-20-10-12-21(28-3)13-11-20/h5-13,18H,4,14-17H2,1-3H3,(H,24,27). The second-order valence-corrected chi connectivity index (χ2v) is 7.72. The van der Waals surface area contributed by atoms with E-state index in [1.165, 1.54) is 0 Å². The number of ether oxygens (including phenoxy) is 1. The number of hydrogen-bond donors (Lipinski definition) is 1. The van der Waals surface area contributed by atoms with Gasteiger partial charge >= 0.3 is 0 Å². The van der Waals surface area contributed by atoms with Crippen LogP contribution in [-0.2, 0) is 21.8 Å². The van der Waals surface area contributed by atoms with Crippen molar-refractivity contribution in [3.63, 3.8) is 0 Å². The maximum atomic E-state index is 12.9. The number of amides is 2. The van der Waals surface area contributed by atoms with E-state index in [2.05, 4.69) is 5.32 Å². The fourth-order valence-electron chi connectivity index (χ4n) is 2.95. The average Bonchev–Trinajstić information content (AvgIpc) is 2.75. The Hall–Kier alpha value is -2.47. The third-order valence-electron chi connectivity index (χ3n) is 4.66. The van der Waals surface area contributed by atoms with Crippen LogP contribution in [0, 0.1) is 0 Å². The van der Waals surface area contributed by atoms with Gasteiger partial charge in [-0.2, -0.15) is 0 Å². The minimum Gasteiger partial charge on any atom is -0.497 e. The van der Waals surface area contributed by atoms with E-state index in [0.717, 1.165) is 29.1 Å². The maximum absolute atomic E-state index is 12.9. The Morgan fingerprint density at radius 1 is 1.07 bits per heavy atom. The first kappa shape index (κ1) is 22.8. The number of hydrogen-bond acceptors (Lipinski definition) is 4. The zero-order valence-electron chi connectivity index (χ0n) is 17.4. The Labute approximate surface area is 177 Å². The topological polar surface area (TPSA) is 58.6 Å². The second kappa shape index (κ2) is 12.2. The van der Waals surface area contributed by atoms with E-state index < -0.39 is 6.04 Å². The van der Waals surface area contributed by atoms with E-state index in [1.54, 1.807) is 30.7 Å². The van der Waals surface area contributed by atoms with Crippen LogP contribution in [0.2, 0.25) is 0 Å². The molecule has 0 spiro atoms. The molecule has 2 rings (SSSR count). The summed E-state index contributed by atoms with van der Waals surface area (Å²) in [4.78, 5) is 26.9. The number of carbonyl (C=O) groups is 2. The number of methoxy groups -OCH3 is 1. The van der Waals surface area contributed by atoms with Gasteiger partial charge in [-0.1, -0.05) is 42.5 Å². The predicted molar refractivity (Wildman–Crippen MR) is 119 cm³/mol. The number of likely N-dealkylation sites (N-methyl/N-ethyl adjacent to an activating group) is 1. The molecule has 2 aromatic rings. The number of benzene rings is 2. The highest BCUT2D eigenvalue weighted by Crippen LogP contribution is 2.17. The van der Waals surface area contributed by atoms with Gasteiger partial charge in [0.05, 0.1) is 12.9 Å². The summed E-state index contributed by atoms with van der Waals surface area (Å²) in [5.41, 5.74) is 2.29. The van der Waals surface area contributed by atoms with Crippen LogP contribution < -0.4 is 10.1 Å². The number of thioether (sulfide) groups is 1. The van der Waals surface area contributed by atoms with Crippen molar-refractivity contribution in [3.8, 4) is 5.75 Å². The lowest BCUT2D eigenvalue weighted by molar-refractivity contribution is -0.137. The van der Waals surface area contributed by atoms with Crippen molar-refractivity contribution in [1.29, 1.82) is 0 Å². The summed E-state index contributed by atoms with van der Waals surface area (Å²) in [6.07, 6.45) is 0.722. The molecule has 6 heteroatoms. The van der Waals surface area contributed by atoms with Crippen molar-refractivity contribution in [1.82, 2.24) is 10.2 Å². The fourth-order valence-corrected chi connectivity index (χ4v) is 3.82. The quantitative estimate of drug-likeness (QED) is 0.611. The Balaban J connectivity index is 1.95. The molecular weight excluding hydrogens is 384 g/mol. The van der Waals surface area contributed by atoms with Crippen LogP contribution in [-0.4, -0.2) is 48.7 Å². The van der Waals surface area contributed by atoms with E-state index in [1.807, 2.05) is 61.5 Å². The van der Waals surface area contributed by atoms with Crippen LogP contribution in [0.15, 0.2) is 54.6 Å². The molecule has 0 fully saturated rings. The molecule has 1 atom stereocenters. The lowest BCUT2D eigenvalue weighted by Gasteiger charge is -2.28. The zero-order valence-corrected chi connectivity index (χ0v) is 18.2. The van der Waals surface area contributed by atoms with Crippen LogP contribution in [0.5, 0.6) is 5.75 Å². The smallest absolute Gasteiger partial charge is 0.242 e. The van der Waals surface area contributed by atoms with Crippen molar-refractivity contribution < 1.29 is 14.3 Å². The Morgan fingerprint density at radius 3 is 2.38 bits per heavy atom. The van der Waals surface area contributed by atoms with Crippen LogP contribution in [0.3, 0.4) is 0 Å². The summed E-state index contributed by atoms with van der Waals surface area (Å²) >= 11 is 1.56. The molecule has 0 bridgehead atoms. The van der Waals surface area contributed by atoms with Gasteiger partial charge in [0.1, 0.15) is 11.8 Å². The van der Waals surface area contributed by atoms with Crippen LogP contribution in [0.4, 0.5) is 0 Å². The third kappa shape index (κ3) is 7.46. The van der Waals surface area contributed by atoms with Crippen LogP contribution >= 0.6 is 11.8 Å². The zero-order chi connectivity index (χ0) is 21.1. The van der Waals surface area contributed by atoms with E-state index in [0.29, 0.717) is 18.8 Å². The molecule has 0 saturated carbocycles. The predicted octanol–water partition coefficient (Wildman–Crippen LogP) is 3.52. The summed E-state index contributed by atoms with van der Waals surface area (Å²) in [6, 6.07) is 17.4. The monoisotopic (exact) mass is 414 g/mol. The number of rotatable bonds is 11. The number of carbonyl (C=O) groups excluding carboxylic acids is 2. The molecular formula is C23H30N2O3S. The molecule has 0 aromatic heterocycles. The minimum absolute atomic E-state index is 0.0156. The van der Waals surface area contributed by atoms with Crippen molar-refractivity contribution in [2.75, 3.05) is 26.0 Å². The van der Waals surface area contributed by atoms with Crippen molar-refractivity contribution in [2.24, 2.45) is 0 Å². The maximum Gasteiger partial charge on any atom is 0.242 e. The normalized spacial score (nSPS) is 11.6. The second-order valence-electron chi connectivity index (χ2n) is 6.73.